The monoisotopic (exact) mass is 591 g/mol. The number of nitrogens with one attached hydrogen (secondary N) is 1. The number of piperidine rings is 1. The zero-order chi connectivity index (χ0) is 29.2. The summed E-state index contributed by atoms with van der Waals surface area (Å²) in [6.07, 6.45) is 0.525. The van der Waals surface area contributed by atoms with Gasteiger partial charge in [0.25, 0.3) is 0 Å². The van der Waals surface area contributed by atoms with E-state index in [0.717, 1.165) is 34.2 Å². The van der Waals surface area contributed by atoms with E-state index < -0.39 is 10.4 Å². The van der Waals surface area contributed by atoms with Crippen LogP contribution in [-0.2, 0) is 37.3 Å². The summed E-state index contributed by atoms with van der Waals surface area (Å²) in [4.78, 5) is 0. The Balaban J connectivity index is 1.20. The Morgan fingerprint density at radius 3 is 2.33 bits per heavy atom. The number of rotatable bonds is 14. The summed E-state index contributed by atoms with van der Waals surface area (Å²) in [5, 5.41) is 5.65. The highest BCUT2D eigenvalue weighted by Gasteiger charge is 2.36. The molecule has 4 aromatic rings. The molecule has 1 aliphatic rings. The van der Waals surface area contributed by atoms with E-state index in [2.05, 4.69) is 35.6 Å². The average Bonchev–Trinajstić information content (AvgIpc) is 3.01. The van der Waals surface area contributed by atoms with Gasteiger partial charge in [-0.1, -0.05) is 78.9 Å². The maximum atomic E-state index is 11.4. The van der Waals surface area contributed by atoms with Crippen LogP contribution in [0.15, 0.2) is 97.1 Å². The fraction of sp³-hybridized carbons (Fsp3) is 0.333. The number of fused-ring (bicyclic) bond motifs is 1. The molecule has 5 rings (SSSR count). The van der Waals surface area contributed by atoms with E-state index in [1.807, 2.05) is 66.7 Å². The molecule has 1 fully saturated rings. The summed E-state index contributed by atoms with van der Waals surface area (Å²) < 4.78 is 54.8. The predicted octanol–water partition coefficient (Wildman–Crippen LogP) is 5.53. The maximum Gasteiger partial charge on any atom is 0.397 e. The molecular formula is C33H37NO7S. The molecule has 2 N–H and O–H groups in total. The van der Waals surface area contributed by atoms with Gasteiger partial charge in [0.1, 0.15) is 5.75 Å². The van der Waals surface area contributed by atoms with Gasteiger partial charge in [0.05, 0.1) is 39.1 Å². The Kier molecular flexibility index (Phi) is 10.6. The highest BCUT2D eigenvalue weighted by molar-refractivity contribution is 7.80. The largest absolute Gasteiger partial charge is 0.494 e. The molecule has 222 valence electrons. The van der Waals surface area contributed by atoms with Gasteiger partial charge >= 0.3 is 10.4 Å². The highest BCUT2D eigenvalue weighted by Crippen LogP contribution is 2.34. The van der Waals surface area contributed by atoms with Crippen molar-refractivity contribution in [3.05, 3.63) is 114 Å². The van der Waals surface area contributed by atoms with Gasteiger partial charge in [-0.05, 0) is 45.7 Å². The van der Waals surface area contributed by atoms with E-state index in [0.29, 0.717) is 39.5 Å². The molecule has 1 aliphatic heterocycles. The minimum Gasteiger partial charge on any atom is -0.494 e. The Bertz CT molecular complexity index is 1510. The lowest BCUT2D eigenvalue weighted by atomic mass is 9.79. The SMILES string of the molecule is O=S(=O)(O)OCC1CNCC(OCc2ccc3ccccc3c2)C1c1ccc(OCCCOCc2ccccc2)cc1. The smallest absolute Gasteiger partial charge is 0.397 e. The number of hydrogen-bond donors (Lipinski definition) is 2. The van der Waals surface area contributed by atoms with Crippen molar-refractivity contribution < 1.29 is 31.4 Å². The third kappa shape index (κ3) is 8.84. The van der Waals surface area contributed by atoms with Crippen molar-refractivity contribution in [1.29, 1.82) is 0 Å². The highest BCUT2D eigenvalue weighted by atomic mass is 32.3. The molecule has 1 heterocycles. The molecule has 0 radical (unpaired) electrons. The van der Waals surface area contributed by atoms with Gasteiger partial charge in [-0.2, -0.15) is 8.42 Å². The van der Waals surface area contributed by atoms with Crippen LogP contribution in [0.25, 0.3) is 10.8 Å². The molecular weight excluding hydrogens is 554 g/mol. The van der Waals surface area contributed by atoms with Crippen LogP contribution in [0.4, 0.5) is 0 Å². The second-order valence-corrected chi connectivity index (χ2v) is 11.6. The van der Waals surface area contributed by atoms with E-state index in [-0.39, 0.29) is 24.5 Å². The first-order valence-electron chi connectivity index (χ1n) is 14.2. The number of benzene rings is 4. The summed E-state index contributed by atoms with van der Waals surface area (Å²) in [5.41, 5.74) is 3.19. The Labute approximate surface area is 247 Å². The Morgan fingerprint density at radius 1 is 0.786 bits per heavy atom. The second-order valence-electron chi connectivity index (χ2n) is 10.5. The topological polar surface area (TPSA) is 103 Å². The lowest BCUT2D eigenvalue weighted by molar-refractivity contribution is -0.0134. The number of hydrogen-bond acceptors (Lipinski definition) is 7. The van der Waals surface area contributed by atoms with Crippen molar-refractivity contribution >= 4 is 21.2 Å². The van der Waals surface area contributed by atoms with E-state index in [1.165, 1.54) is 5.39 Å². The quantitative estimate of drug-likeness (QED) is 0.146. The van der Waals surface area contributed by atoms with E-state index in [4.69, 9.17) is 18.4 Å². The molecule has 0 aliphatic carbocycles. The molecule has 0 saturated carbocycles. The van der Waals surface area contributed by atoms with Crippen molar-refractivity contribution in [3.63, 3.8) is 0 Å². The minimum atomic E-state index is -4.56. The van der Waals surface area contributed by atoms with Crippen molar-refractivity contribution in [2.45, 2.75) is 31.7 Å². The van der Waals surface area contributed by atoms with Crippen LogP contribution in [0, 0.1) is 5.92 Å². The predicted molar refractivity (Wildman–Crippen MR) is 162 cm³/mol. The fourth-order valence-electron chi connectivity index (χ4n) is 5.39. The lowest BCUT2D eigenvalue weighted by Gasteiger charge is -2.38. The normalized spacial score (nSPS) is 19.1. The zero-order valence-corrected chi connectivity index (χ0v) is 24.2. The summed E-state index contributed by atoms with van der Waals surface area (Å²) >= 11 is 0. The fourth-order valence-corrected chi connectivity index (χ4v) is 5.73. The standard InChI is InChI=1S/C33H37NO7S/c35-42(36,37)41-24-30-20-34-21-32(40-23-26-11-12-27-9-4-5-10-29(27)19-26)33(30)28-13-15-31(16-14-28)39-18-6-17-38-22-25-7-2-1-3-8-25/h1-5,7-16,19,30,32-34H,6,17-18,20-24H2,(H,35,36,37). The summed E-state index contributed by atoms with van der Waals surface area (Å²) in [5.74, 6) is 0.347. The molecule has 1 saturated heterocycles. The van der Waals surface area contributed by atoms with Gasteiger partial charge in [-0.25, -0.2) is 4.18 Å². The first-order chi connectivity index (χ1) is 20.4. The third-order valence-electron chi connectivity index (χ3n) is 7.45. The minimum absolute atomic E-state index is 0.158. The molecule has 9 heteroatoms. The molecule has 0 aromatic heterocycles. The van der Waals surface area contributed by atoms with Crippen molar-refractivity contribution in [1.82, 2.24) is 5.32 Å². The lowest BCUT2D eigenvalue weighted by Crippen LogP contribution is -2.48. The molecule has 8 nitrogen and oxygen atoms in total. The summed E-state index contributed by atoms with van der Waals surface area (Å²) in [6, 6.07) is 32.3. The summed E-state index contributed by atoms with van der Waals surface area (Å²) in [7, 11) is -4.56. The van der Waals surface area contributed by atoms with Crippen LogP contribution in [0.3, 0.4) is 0 Å². The van der Waals surface area contributed by atoms with Gasteiger partial charge in [-0.3, -0.25) is 4.55 Å². The van der Waals surface area contributed by atoms with Crippen molar-refractivity contribution in [3.8, 4) is 5.75 Å². The van der Waals surface area contributed by atoms with Crippen LogP contribution >= 0.6 is 0 Å². The van der Waals surface area contributed by atoms with E-state index in [9.17, 15) is 13.0 Å². The molecule has 42 heavy (non-hydrogen) atoms. The Hall–Kier alpha value is -3.31. The molecule has 3 unspecified atom stereocenters. The third-order valence-corrected chi connectivity index (χ3v) is 7.88. The Morgan fingerprint density at radius 2 is 1.55 bits per heavy atom. The van der Waals surface area contributed by atoms with Gasteiger partial charge < -0.3 is 19.5 Å². The molecule has 0 bridgehead atoms. The summed E-state index contributed by atoms with van der Waals surface area (Å²) in [6.45, 7) is 3.09. The first-order valence-corrected chi connectivity index (χ1v) is 15.6. The number of ether oxygens (including phenoxy) is 3. The van der Waals surface area contributed by atoms with Crippen LogP contribution in [0.2, 0.25) is 0 Å². The van der Waals surface area contributed by atoms with Crippen LogP contribution in [0.1, 0.15) is 29.0 Å². The van der Waals surface area contributed by atoms with E-state index >= 15 is 0 Å². The molecule has 0 spiro atoms. The van der Waals surface area contributed by atoms with Crippen LogP contribution in [0.5, 0.6) is 5.75 Å². The van der Waals surface area contributed by atoms with Crippen LogP contribution in [-0.4, -0.2) is 52.0 Å². The average molecular weight is 592 g/mol. The zero-order valence-electron chi connectivity index (χ0n) is 23.4. The van der Waals surface area contributed by atoms with Crippen LogP contribution < -0.4 is 10.1 Å². The van der Waals surface area contributed by atoms with Gasteiger partial charge in [0.15, 0.2) is 0 Å². The van der Waals surface area contributed by atoms with Gasteiger partial charge in [-0.15, -0.1) is 0 Å². The molecule has 0 amide bonds. The second kappa shape index (κ2) is 14.7. The molecule has 4 aromatic carbocycles. The maximum absolute atomic E-state index is 11.4. The van der Waals surface area contributed by atoms with Gasteiger partial charge in [0.2, 0.25) is 0 Å². The van der Waals surface area contributed by atoms with Crippen molar-refractivity contribution in [2.75, 3.05) is 32.9 Å². The molecule has 3 atom stereocenters. The van der Waals surface area contributed by atoms with E-state index in [1.54, 1.807) is 0 Å². The van der Waals surface area contributed by atoms with Gasteiger partial charge in [0, 0.05) is 31.3 Å². The van der Waals surface area contributed by atoms with Crippen molar-refractivity contribution in [2.24, 2.45) is 5.92 Å². The first kappa shape index (κ1) is 30.2.